The minimum atomic E-state index is 0.117. The Morgan fingerprint density at radius 2 is 1.53 bits per heavy atom. The van der Waals surface area contributed by atoms with Crippen molar-refractivity contribution >= 4 is 0 Å². The van der Waals surface area contributed by atoms with E-state index in [0.717, 1.165) is 0 Å². The third kappa shape index (κ3) is 2.09. The Morgan fingerprint density at radius 3 is 2.18 bits per heavy atom. The van der Waals surface area contributed by atoms with Crippen LogP contribution >= 0.6 is 0 Å². The van der Waals surface area contributed by atoms with Gasteiger partial charge in [-0.3, -0.25) is 4.84 Å². The van der Waals surface area contributed by atoms with Crippen LogP contribution in [-0.4, -0.2) is 5.06 Å². The first-order valence-electron chi connectivity index (χ1n) is 5.91. The lowest BCUT2D eigenvalue weighted by atomic mass is 10.1. The van der Waals surface area contributed by atoms with Crippen molar-refractivity contribution in [1.29, 1.82) is 0 Å². The van der Waals surface area contributed by atoms with E-state index < -0.39 is 0 Å². The third-order valence-electron chi connectivity index (χ3n) is 3.16. The van der Waals surface area contributed by atoms with Crippen molar-refractivity contribution in [2.75, 3.05) is 0 Å². The van der Waals surface area contributed by atoms with Gasteiger partial charge >= 0.3 is 0 Å². The summed E-state index contributed by atoms with van der Waals surface area (Å²) < 4.78 is 0. The molecule has 17 heavy (non-hydrogen) atoms. The molecule has 0 bridgehead atoms. The Labute approximate surface area is 101 Å². The fourth-order valence-corrected chi connectivity index (χ4v) is 2.09. The molecular weight excluding hydrogens is 210 g/mol. The molecule has 86 valence electrons. The molecule has 1 fully saturated rings. The van der Waals surface area contributed by atoms with Gasteiger partial charge in [-0.2, -0.15) is 0 Å². The number of hydrogen-bond acceptors (Lipinski definition) is 2. The Bertz CT molecular complexity index is 483. The van der Waals surface area contributed by atoms with Crippen molar-refractivity contribution in [3.05, 3.63) is 71.8 Å². The Morgan fingerprint density at radius 1 is 0.941 bits per heavy atom. The second kappa shape index (κ2) is 4.32. The Balaban J connectivity index is 1.73. The summed E-state index contributed by atoms with van der Waals surface area (Å²) in [7, 11) is 0. The van der Waals surface area contributed by atoms with Crippen LogP contribution in [0.5, 0.6) is 0 Å². The van der Waals surface area contributed by atoms with E-state index in [0.29, 0.717) is 6.04 Å². The minimum absolute atomic E-state index is 0.117. The van der Waals surface area contributed by atoms with Crippen LogP contribution in [-0.2, 0) is 4.84 Å². The highest BCUT2D eigenvalue weighted by Gasteiger charge is 2.41. The highest BCUT2D eigenvalue weighted by molar-refractivity contribution is 5.22. The molecule has 2 nitrogen and oxygen atoms in total. The quantitative estimate of drug-likeness (QED) is 0.740. The maximum atomic E-state index is 5.65. The molecule has 2 heteroatoms. The van der Waals surface area contributed by atoms with Gasteiger partial charge in [-0.1, -0.05) is 60.7 Å². The summed E-state index contributed by atoms with van der Waals surface area (Å²) in [5, 5.41) is 2.03. The molecule has 1 saturated heterocycles. The largest absolute Gasteiger partial charge is 0.269 e. The van der Waals surface area contributed by atoms with E-state index >= 15 is 0 Å². The Hall–Kier alpha value is -1.64. The van der Waals surface area contributed by atoms with Crippen LogP contribution in [0.4, 0.5) is 0 Å². The van der Waals surface area contributed by atoms with Crippen LogP contribution in [0.1, 0.15) is 30.3 Å². The summed E-state index contributed by atoms with van der Waals surface area (Å²) >= 11 is 0. The fraction of sp³-hybridized carbons (Fsp3) is 0.200. The summed E-state index contributed by atoms with van der Waals surface area (Å²) in [6, 6.07) is 21.0. The first-order chi connectivity index (χ1) is 8.36. The van der Waals surface area contributed by atoms with Crippen molar-refractivity contribution in [1.82, 2.24) is 5.06 Å². The molecule has 2 aromatic carbocycles. The second-order valence-corrected chi connectivity index (χ2v) is 4.31. The van der Waals surface area contributed by atoms with E-state index in [-0.39, 0.29) is 6.23 Å². The molecule has 0 saturated carbocycles. The molecule has 1 aliphatic rings. The molecule has 1 heterocycles. The minimum Gasteiger partial charge on any atom is -0.269 e. The molecule has 0 amide bonds. The number of rotatable bonds is 3. The normalized spacial score (nSPS) is 24.3. The molecule has 2 aromatic rings. The molecule has 0 radical (unpaired) electrons. The van der Waals surface area contributed by atoms with Crippen LogP contribution in [0.3, 0.4) is 0 Å². The molecule has 0 aliphatic carbocycles. The highest BCUT2D eigenvalue weighted by atomic mass is 16.8. The summed E-state index contributed by atoms with van der Waals surface area (Å²) in [6.45, 7) is 2.16. The zero-order valence-electron chi connectivity index (χ0n) is 9.78. The van der Waals surface area contributed by atoms with Gasteiger partial charge in [-0.15, -0.1) is 5.06 Å². The summed E-state index contributed by atoms with van der Waals surface area (Å²) in [6.07, 6.45) is 0.117. The van der Waals surface area contributed by atoms with Crippen LogP contribution in [0.25, 0.3) is 0 Å². The zero-order valence-corrected chi connectivity index (χ0v) is 9.78. The van der Waals surface area contributed by atoms with Crippen molar-refractivity contribution in [3.63, 3.8) is 0 Å². The van der Waals surface area contributed by atoms with Crippen LogP contribution in [0, 0.1) is 0 Å². The molecule has 1 aliphatic heterocycles. The third-order valence-corrected chi connectivity index (χ3v) is 3.16. The standard InChI is InChI=1S/C15H15NO/c1-12(13-8-4-2-5-9-13)16-15(17-16)14-10-6-3-7-11-14/h2-12,15H,1H3/t12-,15-,16?/m0/s1. The number of hydrogen-bond donors (Lipinski definition) is 0. The smallest absolute Gasteiger partial charge is 0.180 e. The predicted molar refractivity (Wildman–Crippen MR) is 67.0 cm³/mol. The fourth-order valence-electron chi connectivity index (χ4n) is 2.09. The van der Waals surface area contributed by atoms with Crippen LogP contribution in [0.2, 0.25) is 0 Å². The number of hydroxylamine groups is 2. The van der Waals surface area contributed by atoms with Gasteiger partial charge < -0.3 is 0 Å². The molecular formula is C15H15NO. The van der Waals surface area contributed by atoms with Gasteiger partial charge in [0.05, 0.1) is 6.04 Å². The average Bonchev–Trinajstić information content (AvgIpc) is 3.20. The predicted octanol–water partition coefficient (Wildman–Crippen LogP) is 3.69. The van der Waals surface area contributed by atoms with E-state index in [4.69, 9.17) is 4.84 Å². The van der Waals surface area contributed by atoms with E-state index in [2.05, 4.69) is 43.3 Å². The van der Waals surface area contributed by atoms with Crippen molar-refractivity contribution in [3.8, 4) is 0 Å². The summed E-state index contributed by atoms with van der Waals surface area (Å²) in [5.74, 6) is 0. The molecule has 0 spiro atoms. The number of nitrogens with zero attached hydrogens (tertiary/aromatic N) is 1. The van der Waals surface area contributed by atoms with Gasteiger partial charge in [0.1, 0.15) is 0 Å². The van der Waals surface area contributed by atoms with Gasteiger partial charge in [0.15, 0.2) is 6.23 Å². The highest BCUT2D eigenvalue weighted by Crippen LogP contribution is 2.43. The second-order valence-electron chi connectivity index (χ2n) is 4.31. The Kier molecular flexibility index (Phi) is 2.67. The first kappa shape index (κ1) is 10.5. The maximum absolute atomic E-state index is 5.65. The van der Waals surface area contributed by atoms with Crippen molar-refractivity contribution in [2.24, 2.45) is 0 Å². The van der Waals surface area contributed by atoms with Gasteiger partial charge in [-0.25, -0.2) is 0 Å². The lowest BCUT2D eigenvalue weighted by Gasteiger charge is -2.10. The molecule has 0 N–H and O–H groups in total. The van der Waals surface area contributed by atoms with E-state index in [1.807, 2.05) is 29.3 Å². The van der Waals surface area contributed by atoms with E-state index in [1.54, 1.807) is 0 Å². The number of benzene rings is 2. The van der Waals surface area contributed by atoms with E-state index in [9.17, 15) is 0 Å². The monoisotopic (exact) mass is 225 g/mol. The van der Waals surface area contributed by atoms with Gasteiger partial charge in [0.2, 0.25) is 0 Å². The molecule has 1 unspecified atom stereocenters. The topological polar surface area (TPSA) is 15.5 Å². The van der Waals surface area contributed by atoms with E-state index in [1.165, 1.54) is 11.1 Å². The average molecular weight is 225 g/mol. The van der Waals surface area contributed by atoms with Crippen molar-refractivity contribution in [2.45, 2.75) is 19.2 Å². The molecule has 0 aromatic heterocycles. The summed E-state index contributed by atoms with van der Waals surface area (Å²) in [5.41, 5.74) is 2.50. The maximum Gasteiger partial charge on any atom is 0.180 e. The molecule has 3 rings (SSSR count). The lowest BCUT2D eigenvalue weighted by Crippen LogP contribution is -2.05. The van der Waals surface area contributed by atoms with Gasteiger partial charge in [-0.05, 0) is 18.1 Å². The van der Waals surface area contributed by atoms with Gasteiger partial charge in [0, 0.05) is 0 Å². The van der Waals surface area contributed by atoms with Crippen LogP contribution in [0.15, 0.2) is 60.7 Å². The lowest BCUT2D eigenvalue weighted by molar-refractivity contribution is 0.155. The SMILES string of the molecule is C[C@@H](c1ccccc1)N1O[C@H]1c1ccccc1. The molecule has 3 atom stereocenters. The van der Waals surface area contributed by atoms with Crippen LogP contribution < -0.4 is 0 Å². The zero-order chi connectivity index (χ0) is 11.7. The summed E-state index contributed by atoms with van der Waals surface area (Å²) in [4.78, 5) is 5.65. The van der Waals surface area contributed by atoms with Gasteiger partial charge in [0.25, 0.3) is 0 Å². The first-order valence-corrected chi connectivity index (χ1v) is 5.91. The van der Waals surface area contributed by atoms with Crippen molar-refractivity contribution < 1.29 is 4.84 Å².